The first-order chi connectivity index (χ1) is 8.86. The van der Waals surface area contributed by atoms with Crippen LogP contribution in [0.4, 0.5) is 17.6 Å². The summed E-state index contributed by atoms with van der Waals surface area (Å²) in [5.41, 5.74) is 0. The van der Waals surface area contributed by atoms with Crippen LogP contribution >= 0.6 is 0 Å². The molecule has 19 heavy (non-hydrogen) atoms. The molecule has 0 aliphatic rings. The van der Waals surface area contributed by atoms with Gasteiger partial charge in [0.15, 0.2) is 5.82 Å². The third-order valence-electron chi connectivity index (χ3n) is 1.76. The molecule has 6 nitrogen and oxygen atoms in total. The van der Waals surface area contributed by atoms with E-state index in [1.807, 2.05) is 0 Å². The lowest BCUT2D eigenvalue weighted by molar-refractivity contribution is -0.168. The van der Waals surface area contributed by atoms with E-state index in [-0.39, 0.29) is 12.4 Å². The number of carbonyl (C=O) groups excluding carboxylic acids is 1. The maximum atomic E-state index is 12.5. The molecule has 0 saturated carbocycles. The average Bonchev–Trinajstić information content (AvgIpc) is 2.77. The van der Waals surface area contributed by atoms with Crippen LogP contribution in [-0.4, -0.2) is 41.7 Å². The van der Waals surface area contributed by atoms with Crippen molar-refractivity contribution in [2.75, 3.05) is 13.2 Å². The van der Waals surface area contributed by atoms with Gasteiger partial charge in [-0.2, -0.15) is 13.8 Å². The predicted molar refractivity (Wildman–Crippen MR) is 50.9 cm³/mol. The molecule has 1 rings (SSSR count). The van der Waals surface area contributed by atoms with Crippen LogP contribution in [0.2, 0.25) is 0 Å². The Labute approximate surface area is 104 Å². The third-order valence-corrected chi connectivity index (χ3v) is 1.76. The van der Waals surface area contributed by atoms with Crippen molar-refractivity contribution in [3.63, 3.8) is 0 Å². The standard InChI is InChI=1S/C9H10F4N2O4/c1-2-18-7(16)6-14-5(15-19-6)3-17-4-9(12,13)8(10)11/h8H,2-4H2,1H3. The van der Waals surface area contributed by atoms with E-state index in [2.05, 4.69) is 24.1 Å². The highest BCUT2D eigenvalue weighted by Crippen LogP contribution is 2.23. The summed E-state index contributed by atoms with van der Waals surface area (Å²) in [6.07, 6.45) is -3.83. The van der Waals surface area contributed by atoms with E-state index in [9.17, 15) is 22.4 Å². The summed E-state index contributed by atoms with van der Waals surface area (Å²) < 4.78 is 61.8. The lowest BCUT2D eigenvalue weighted by Gasteiger charge is -2.14. The Bertz CT molecular complexity index is 424. The van der Waals surface area contributed by atoms with Crippen LogP contribution in [0.5, 0.6) is 0 Å². The summed E-state index contributed by atoms with van der Waals surface area (Å²) in [7, 11) is 0. The van der Waals surface area contributed by atoms with Crippen molar-refractivity contribution in [3.8, 4) is 0 Å². The van der Waals surface area contributed by atoms with Crippen molar-refractivity contribution in [2.45, 2.75) is 25.9 Å². The Balaban J connectivity index is 2.45. The van der Waals surface area contributed by atoms with Gasteiger partial charge in [-0.3, -0.25) is 0 Å². The van der Waals surface area contributed by atoms with Crippen LogP contribution in [0.1, 0.15) is 23.4 Å². The van der Waals surface area contributed by atoms with Gasteiger partial charge in [-0.1, -0.05) is 5.16 Å². The van der Waals surface area contributed by atoms with Gasteiger partial charge in [0.05, 0.1) is 6.61 Å². The topological polar surface area (TPSA) is 74.5 Å². The number of ether oxygens (including phenoxy) is 2. The van der Waals surface area contributed by atoms with Gasteiger partial charge >= 0.3 is 24.2 Å². The molecule has 1 heterocycles. The van der Waals surface area contributed by atoms with Gasteiger partial charge in [0, 0.05) is 0 Å². The number of hydrogen-bond acceptors (Lipinski definition) is 6. The third kappa shape index (κ3) is 4.47. The van der Waals surface area contributed by atoms with E-state index < -0.39 is 37.4 Å². The van der Waals surface area contributed by atoms with E-state index in [0.717, 1.165) is 0 Å². The zero-order chi connectivity index (χ0) is 14.5. The van der Waals surface area contributed by atoms with E-state index in [4.69, 9.17) is 0 Å². The fourth-order valence-corrected chi connectivity index (χ4v) is 0.930. The molecule has 0 aliphatic heterocycles. The zero-order valence-corrected chi connectivity index (χ0v) is 9.74. The molecular weight excluding hydrogens is 276 g/mol. The molecule has 10 heteroatoms. The van der Waals surface area contributed by atoms with Crippen molar-refractivity contribution >= 4 is 5.97 Å². The van der Waals surface area contributed by atoms with Gasteiger partial charge in [0.1, 0.15) is 13.2 Å². The summed E-state index contributed by atoms with van der Waals surface area (Å²) in [5.74, 6) is -5.83. The Morgan fingerprint density at radius 3 is 2.74 bits per heavy atom. The van der Waals surface area contributed by atoms with Crippen LogP contribution in [0, 0.1) is 0 Å². The molecule has 0 aliphatic carbocycles. The highest BCUT2D eigenvalue weighted by atomic mass is 19.3. The quantitative estimate of drug-likeness (QED) is 0.560. The number of esters is 1. The summed E-state index contributed by atoms with van der Waals surface area (Å²) in [4.78, 5) is 14.6. The van der Waals surface area contributed by atoms with Crippen molar-refractivity contribution in [3.05, 3.63) is 11.7 Å². The van der Waals surface area contributed by atoms with Crippen LogP contribution in [0.25, 0.3) is 0 Å². The molecule has 0 bridgehead atoms. The number of aromatic nitrogens is 2. The van der Waals surface area contributed by atoms with Crippen molar-refractivity contribution in [1.82, 2.24) is 10.1 Å². The molecule has 0 saturated heterocycles. The fraction of sp³-hybridized carbons (Fsp3) is 0.667. The Morgan fingerprint density at radius 1 is 1.47 bits per heavy atom. The van der Waals surface area contributed by atoms with Crippen molar-refractivity contribution in [1.29, 1.82) is 0 Å². The first-order valence-corrected chi connectivity index (χ1v) is 5.10. The lowest BCUT2D eigenvalue weighted by Crippen LogP contribution is -2.32. The van der Waals surface area contributed by atoms with Crippen molar-refractivity contribution in [2.24, 2.45) is 0 Å². The second kappa shape index (κ2) is 6.45. The molecule has 0 unspecified atom stereocenters. The molecule has 0 atom stereocenters. The molecule has 0 radical (unpaired) electrons. The molecule has 0 fully saturated rings. The first-order valence-electron chi connectivity index (χ1n) is 5.10. The van der Waals surface area contributed by atoms with Gasteiger partial charge < -0.3 is 14.0 Å². The van der Waals surface area contributed by atoms with Crippen LogP contribution in [-0.2, 0) is 16.1 Å². The summed E-state index contributed by atoms with van der Waals surface area (Å²) in [5, 5.41) is 3.24. The number of nitrogens with zero attached hydrogens (tertiary/aromatic N) is 2. The molecule has 0 aromatic carbocycles. The van der Waals surface area contributed by atoms with Crippen LogP contribution < -0.4 is 0 Å². The smallest absolute Gasteiger partial charge is 0.397 e. The maximum absolute atomic E-state index is 12.5. The minimum absolute atomic E-state index is 0.0909. The molecule has 108 valence electrons. The van der Waals surface area contributed by atoms with Gasteiger partial charge in [0.25, 0.3) is 0 Å². The first kappa shape index (κ1) is 15.3. The molecule has 1 aromatic rings. The van der Waals surface area contributed by atoms with Crippen molar-refractivity contribution < 1.29 is 36.4 Å². The number of rotatable bonds is 7. The highest BCUT2D eigenvalue weighted by molar-refractivity contribution is 5.83. The van der Waals surface area contributed by atoms with E-state index in [0.29, 0.717) is 0 Å². The van der Waals surface area contributed by atoms with E-state index in [1.165, 1.54) is 0 Å². The van der Waals surface area contributed by atoms with Gasteiger partial charge in [-0.05, 0) is 6.92 Å². The zero-order valence-electron chi connectivity index (χ0n) is 9.74. The highest BCUT2D eigenvalue weighted by Gasteiger charge is 2.41. The summed E-state index contributed by atoms with van der Waals surface area (Å²) in [6.45, 7) is -0.433. The summed E-state index contributed by atoms with van der Waals surface area (Å²) >= 11 is 0. The van der Waals surface area contributed by atoms with Crippen LogP contribution in [0.3, 0.4) is 0 Å². The Kier molecular flexibility index (Phi) is 5.21. The number of hydrogen-bond donors (Lipinski definition) is 0. The molecule has 0 N–H and O–H groups in total. The van der Waals surface area contributed by atoms with Gasteiger partial charge in [0.2, 0.25) is 0 Å². The minimum atomic E-state index is -4.26. The number of halogens is 4. The average molecular weight is 286 g/mol. The monoisotopic (exact) mass is 286 g/mol. The predicted octanol–water partition coefficient (Wildman–Crippen LogP) is 1.66. The molecule has 0 amide bonds. The maximum Gasteiger partial charge on any atom is 0.397 e. The lowest BCUT2D eigenvalue weighted by atomic mass is 10.4. The minimum Gasteiger partial charge on any atom is -0.459 e. The van der Waals surface area contributed by atoms with E-state index >= 15 is 0 Å². The summed E-state index contributed by atoms with van der Waals surface area (Å²) in [6, 6.07) is 0. The fourth-order valence-electron chi connectivity index (χ4n) is 0.930. The normalized spacial score (nSPS) is 11.9. The number of alkyl halides is 4. The number of carbonyl (C=O) groups is 1. The largest absolute Gasteiger partial charge is 0.459 e. The van der Waals surface area contributed by atoms with Gasteiger partial charge in [-0.25, -0.2) is 13.6 Å². The second-order valence-electron chi connectivity index (χ2n) is 3.29. The second-order valence-corrected chi connectivity index (χ2v) is 3.29. The molecule has 0 spiro atoms. The van der Waals surface area contributed by atoms with Gasteiger partial charge in [-0.15, -0.1) is 0 Å². The van der Waals surface area contributed by atoms with Crippen LogP contribution in [0.15, 0.2) is 4.52 Å². The molecule has 1 aromatic heterocycles. The molecular formula is C9H10F4N2O4. The SMILES string of the molecule is CCOC(=O)c1nc(COCC(F)(F)C(F)F)no1. The van der Waals surface area contributed by atoms with E-state index in [1.54, 1.807) is 6.92 Å². The Hall–Kier alpha value is -1.71. The Morgan fingerprint density at radius 2 is 2.16 bits per heavy atom.